The molecule has 0 aliphatic carbocycles. The van der Waals surface area contributed by atoms with Crippen LogP contribution >= 0.6 is 0 Å². The molecule has 0 radical (unpaired) electrons. The van der Waals surface area contributed by atoms with Crippen molar-refractivity contribution >= 4 is 11.7 Å². The molecule has 1 amide bonds. The standard InChI is InChI=1S/C17H29N3O/c1-3-4-5-6-7-8-9-10-13-20-17(21)15-12-11-14-19-16(15)18-2/h11-12,14H,3-10,13H2,1-2H3,(H,18,19)(H,20,21). The summed E-state index contributed by atoms with van der Waals surface area (Å²) in [6.45, 7) is 2.98. The van der Waals surface area contributed by atoms with Gasteiger partial charge in [-0.05, 0) is 18.6 Å². The highest BCUT2D eigenvalue weighted by Crippen LogP contribution is 2.10. The van der Waals surface area contributed by atoms with Gasteiger partial charge in [0.15, 0.2) is 0 Å². The average molecular weight is 291 g/mol. The maximum atomic E-state index is 12.0. The zero-order chi connectivity index (χ0) is 15.3. The number of hydrogen-bond acceptors (Lipinski definition) is 3. The van der Waals surface area contributed by atoms with Gasteiger partial charge in [0.2, 0.25) is 0 Å². The van der Waals surface area contributed by atoms with Crippen molar-refractivity contribution in [1.29, 1.82) is 0 Å². The molecule has 4 heteroatoms. The molecule has 0 fully saturated rings. The predicted molar refractivity (Wildman–Crippen MR) is 88.7 cm³/mol. The molecule has 0 aliphatic heterocycles. The van der Waals surface area contributed by atoms with E-state index >= 15 is 0 Å². The van der Waals surface area contributed by atoms with Crippen LogP contribution in [-0.2, 0) is 0 Å². The second-order valence-corrected chi connectivity index (χ2v) is 5.38. The minimum atomic E-state index is -0.0459. The Labute approximate surface area is 128 Å². The van der Waals surface area contributed by atoms with Crippen molar-refractivity contribution in [2.24, 2.45) is 0 Å². The van der Waals surface area contributed by atoms with Gasteiger partial charge in [-0.2, -0.15) is 0 Å². The minimum Gasteiger partial charge on any atom is -0.372 e. The van der Waals surface area contributed by atoms with Gasteiger partial charge >= 0.3 is 0 Å². The van der Waals surface area contributed by atoms with Gasteiger partial charge in [0, 0.05) is 19.8 Å². The third-order valence-electron chi connectivity index (χ3n) is 3.61. The Hall–Kier alpha value is -1.58. The van der Waals surface area contributed by atoms with Crippen LogP contribution in [0.15, 0.2) is 18.3 Å². The molecule has 21 heavy (non-hydrogen) atoms. The summed E-state index contributed by atoms with van der Waals surface area (Å²) in [4.78, 5) is 16.2. The Balaban J connectivity index is 2.11. The Morgan fingerprint density at radius 2 is 1.76 bits per heavy atom. The Morgan fingerprint density at radius 3 is 2.43 bits per heavy atom. The molecule has 1 aromatic rings. The van der Waals surface area contributed by atoms with Crippen molar-refractivity contribution in [2.75, 3.05) is 18.9 Å². The Morgan fingerprint density at radius 1 is 1.10 bits per heavy atom. The molecule has 4 nitrogen and oxygen atoms in total. The number of amides is 1. The van der Waals surface area contributed by atoms with Gasteiger partial charge in [-0.3, -0.25) is 4.79 Å². The predicted octanol–water partition coefficient (Wildman–Crippen LogP) is 3.99. The van der Waals surface area contributed by atoms with E-state index in [0.717, 1.165) is 13.0 Å². The van der Waals surface area contributed by atoms with Gasteiger partial charge in [-0.25, -0.2) is 4.98 Å². The molecule has 118 valence electrons. The van der Waals surface area contributed by atoms with E-state index in [-0.39, 0.29) is 5.91 Å². The number of anilines is 1. The van der Waals surface area contributed by atoms with Crippen molar-refractivity contribution in [3.63, 3.8) is 0 Å². The van der Waals surface area contributed by atoms with Crippen molar-refractivity contribution in [3.8, 4) is 0 Å². The molecule has 2 N–H and O–H groups in total. The second kappa shape index (κ2) is 11.1. The van der Waals surface area contributed by atoms with Gasteiger partial charge in [0.25, 0.3) is 5.91 Å². The highest BCUT2D eigenvalue weighted by molar-refractivity contribution is 5.98. The highest BCUT2D eigenvalue weighted by atomic mass is 16.1. The average Bonchev–Trinajstić information content (AvgIpc) is 2.53. The van der Waals surface area contributed by atoms with E-state index in [1.807, 2.05) is 0 Å². The number of nitrogens with one attached hydrogen (secondary N) is 2. The summed E-state index contributed by atoms with van der Waals surface area (Å²) in [5, 5.41) is 5.91. The van der Waals surface area contributed by atoms with Gasteiger partial charge in [-0.1, -0.05) is 51.9 Å². The van der Waals surface area contributed by atoms with Crippen LogP contribution in [0.1, 0.15) is 68.6 Å². The Kier molecular flexibility index (Phi) is 9.25. The van der Waals surface area contributed by atoms with E-state index in [0.29, 0.717) is 11.4 Å². The van der Waals surface area contributed by atoms with Gasteiger partial charge in [0.1, 0.15) is 5.82 Å². The van der Waals surface area contributed by atoms with E-state index in [9.17, 15) is 4.79 Å². The van der Waals surface area contributed by atoms with Gasteiger partial charge < -0.3 is 10.6 Å². The number of aromatic nitrogens is 1. The summed E-state index contributed by atoms with van der Waals surface area (Å²) < 4.78 is 0. The molecule has 1 heterocycles. The van der Waals surface area contributed by atoms with Crippen LogP contribution in [0.2, 0.25) is 0 Å². The Bertz CT molecular complexity index is 407. The summed E-state index contributed by atoms with van der Waals surface area (Å²) in [6.07, 6.45) is 11.9. The first-order valence-electron chi connectivity index (χ1n) is 8.20. The molecule has 1 aromatic heterocycles. The van der Waals surface area contributed by atoms with Crippen LogP contribution in [0.4, 0.5) is 5.82 Å². The molecule has 0 saturated carbocycles. The SMILES string of the molecule is CCCCCCCCCCNC(=O)c1cccnc1NC. The quantitative estimate of drug-likeness (QED) is 0.606. The van der Waals surface area contributed by atoms with Crippen molar-refractivity contribution in [1.82, 2.24) is 10.3 Å². The summed E-state index contributed by atoms with van der Waals surface area (Å²) in [7, 11) is 1.78. The zero-order valence-corrected chi connectivity index (χ0v) is 13.5. The second-order valence-electron chi connectivity index (χ2n) is 5.38. The summed E-state index contributed by atoms with van der Waals surface area (Å²) in [5.41, 5.74) is 0.611. The number of carbonyl (C=O) groups excluding carboxylic acids is 1. The molecule has 0 saturated heterocycles. The first kappa shape index (κ1) is 17.5. The van der Waals surface area contributed by atoms with Gasteiger partial charge in [-0.15, -0.1) is 0 Å². The smallest absolute Gasteiger partial charge is 0.255 e. The number of pyridine rings is 1. The molecule has 1 rings (SSSR count). The third-order valence-corrected chi connectivity index (χ3v) is 3.61. The lowest BCUT2D eigenvalue weighted by Crippen LogP contribution is -2.25. The molecule has 0 aromatic carbocycles. The van der Waals surface area contributed by atoms with Crippen LogP contribution in [0.25, 0.3) is 0 Å². The van der Waals surface area contributed by atoms with E-state index < -0.39 is 0 Å². The zero-order valence-electron chi connectivity index (χ0n) is 13.5. The first-order chi connectivity index (χ1) is 10.3. The largest absolute Gasteiger partial charge is 0.372 e. The topological polar surface area (TPSA) is 54.0 Å². The van der Waals surface area contributed by atoms with E-state index in [4.69, 9.17) is 0 Å². The normalized spacial score (nSPS) is 10.4. The number of nitrogens with zero attached hydrogens (tertiary/aromatic N) is 1. The third kappa shape index (κ3) is 7.11. The van der Waals surface area contributed by atoms with E-state index in [2.05, 4.69) is 22.5 Å². The van der Waals surface area contributed by atoms with Crippen molar-refractivity contribution in [3.05, 3.63) is 23.9 Å². The van der Waals surface area contributed by atoms with Crippen LogP contribution in [0.3, 0.4) is 0 Å². The minimum absolute atomic E-state index is 0.0459. The van der Waals surface area contributed by atoms with E-state index in [1.165, 1.54) is 44.9 Å². The van der Waals surface area contributed by atoms with Crippen LogP contribution in [0.5, 0.6) is 0 Å². The van der Waals surface area contributed by atoms with Crippen LogP contribution < -0.4 is 10.6 Å². The fourth-order valence-corrected chi connectivity index (χ4v) is 2.34. The fraction of sp³-hybridized carbons (Fsp3) is 0.647. The maximum Gasteiger partial charge on any atom is 0.255 e. The lowest BCUT2D eigenvalue weighted by molar-refractivity contribution is 0.0953. The number of rotatable bonds is 11. The maximum absolute atomic E-state index is 12.0. The number of carbonyl (C=O) groups is 1. The monoisotopic (exact) mass is 291 g/mol. The molecule has 0 aliphatic rings. The van der Waals surface area contributed by atoms with Crippen molar-refractivity contribution in [2.45, 2.75) is 58.3 Å². The fourth-order valence-electron chi connectivity index (χ4n) is 2.34. The number of unbranched alkanes of at least 4 members (excludes halogenated alkanes) is 7. The van der Waals surface area contributed by atoms with Crippen LogP contribution in [0, 0.1) is 0 Å². The molecule has 0 unspecified atom stereocenters. The first-order valence-corrected chi connectivity index (χ1v) is 8.20. The van der Waals surface area contributed by atoms with Gasteiger partial charge in [0.05, 0.1) is 5.56 Å². The van der Waals surface area contributed by atoms with Crippen molar-refractivity contribution < 1.29 is 4.79 Å². The molecule has 0 atom stereocenters. The molecule has 0 spiro atoms. The lowest BCUT2D eigenvalue weighted by Gasteiger charge is -2.08. The molecular weight excluding hydrogens is 262 g/mol. The van der Waals surface area contributed by atoms with Crippen LogP contribution in [-0.4, -0.2) is 24.5 Å². The summed E-state index contributed by atoms with van der Waals surface area (Å²) in [5.74, 6) is 0.585. The summed E-state index contributed by atoms with van der Waals surface area (Å²) >= 11 is 0. The molecular formula is C17H29N3O. The summed E-state index contributed by atoms with van der Waals surface area (Å²) in [6, 6.07) is 3.58. The molecule has 0 bridgehead atoms. The lowest BCUT2D eigenvalue weighted by atomic mass is 10.1. The highest BCUT2D eigenvalue weighted by Gasteiger charge is 2.09. The number of hydrogen-bond donors (Lipinski definition) is 2. The van der Waals surface area contributed by atoms with E-state index in [1.54, 1.807) is 25.4 Å².